The zero-order valence-electron chi connectivity index (χ0n) is 8.76. The zero-order valence-corrected chi connectivity index (χ0v) is 9.58. The van der Waals surface area contributed by atoms with E-state index in [-0.39, 0.29) is 0 Å². The Morgan fingerprint density at radius 1 is 1.46 bits per heavy atom. The Labute approximate surface area is 85.4 Å². The molecule has 74 valence electrons. The average Bonchev–Trinajstić information content (AvgIpc) is 2.41. The van der Waals surface area contributed by atoms with Crippen LogP contribution in [-0.2, 0) is 0 Å². The molecule has 1 N–H and O–H groups in total. The Morgan fingerprint density at radius 3 is 2.77 bits per heavy atom. The van der Waals surface area contributed by atoms with Crippen LogP contribution in [0.1, 0.15) is 27.2 Å². The molecule has 0 aliphatic carbocycles. The number of hydrogen-bond acceptors (Lipinski definition) is 2. The van der Waals surface area contributed by atoms with Crippen LogP contribution in [0.4, 0.5) is 0 Å². The van der Waals surface area contributed by atoms with E-state index in [0.29, 0.717) is 11.5 Å². The van der Waals surface area contributed by atoms with E-state index in [1.807, 2.05) is 0 Å². The molecular formula is C11H19NS. The van der Waals surface area contributed by atoms with Crippen LogP contribution in [0.2, 0.25) is 0 Å². The van der Waals surface area contributed by atoms with Gasteiger partial charge in [-0.3, -0.25) is 0 Å². The molecule has 0 bridgehead atoms. The lowest BCUT2D eigenvalue weighted by molar-refractivity contribution is 0.312. The van der Waals surface area contributed by atoms with Crippen LogP contribution >= 0.6 is 11.8 Å². The van der Waals surface area contributed by atoms with Crippen LogP contribution < -0.4 is 5.32 Å². The van der Waals surface area contributed by atoms with Crippen molar-refractivity contribution < 1.29 is 0 Å². The minimum absolute atomic E-state index is 0.441. The summed E-state index contributed by atoms with van der Waals surface area (Å²) in [5.74, 6) is 2.10. The molecule has 2 aliphatic heterocycles. The Bertz CT molecular complexity index is 229. The van der Waals surface area contributed by atoms with Crippen LogP contribution in [0, 0.1) is 11.3 Å². The smallest absolute Gasteiger partial charge is 0.0391 e. The van der Waals surface area contributed by atoms with E-state index in [0.717, 1.165) is 11.2 Å². The molecular weight excluding hydrogens is 178 g/mol. The fraction of sp³-hybridized carbons (Fsp3) is 0.818. The Morgan fingerprint density at radius 2 is 2.15 bits per heavy atom. The third-order valence-electron chi connectivity index (χ3n) is 3.09. The van der Waals surface area contributed by atoms with Crippen molar-refractivity contribution in [1.29, 1.82) is 0 Å². The number of allylic oxidation sites excluding steroid dienone is 1. The molecule has 0 saturated carbocycles. The molecule has 0 amide bonds. The van der Waals surface area contributed by atoms with E-state index in [4.69, 9.17) is 0 Å². The van der Waals surface area contributed by atoms with Gasteiger partial charge >= 0.3 is 0 Å². The molecule has 2 heterocycles. The normalized spacial score (nSPS) is 39.0. The molecule has 1 nitrogen and oxygen atoms in total. The summed E-state index contributed by atoms with van der Waals surface area (Å²) >= 11 is 2.14. The summed E-state index contributed by atoms with van der Waals surface area (Å²) in [4.78, 5) is 0. The van der Waals surface area contributed by atoms with Gasteiger partial charge in [0.1, 0.15) is 0 Å². The van der Waals surface area contributed by atoms with Crippen LogP contribution in [0.5, 0.6) is 0 Å². The minimum Gasteiger partial charge on any atom is -0.385 e. The van der Waals surface area contributed by atoms with Crippen molar-refractivity contribution in [3.8, 4) is 0 Å². The summed E-state index contributed by atoms with van der Waals surface area (Å²) < 4.78 is 0. The van der Waals surface area contributed by atoms with Gasteiger partial charge in [0, 0.05) is 22.7 Å². The lowest BCUT2D eigenvalue weighted by atomic mass is 9.81. The Hall–Kier alpha value is -0.110. The van der Waals surface area contributed by atoms with Crippen molar-refractivity contribution in [2.45, 2.75) is 38.5 Å². The van der Waals surface area contributed by atoms with Gasteiger partial charge in [0.2, 0.25) is 0 Å². The number of nitrogens with one attached hydrogen (secondary N) is 1. The lowest BCUT2D eigenvalue weighted by Crippen LogP contribution is -2.32. The van der Waals surface area contributed by atoms with Gasteiger partial charge in [0.05, 0.1) is 0 Å². The summed E-state index contributed by atoms with van der Waals surface area (Å²) in [6, 6.07) is 0.710. The molecule has 0 radical (unpaired) electrons. The highest BCUT2D eigenvalue weighted by Gasteiger charge is 2.45. The third kappa shape index (κ3) is 1.61. The molecule has 0 spiro atoms. The molecule has 2 saturated heterocycles. The summed E-state index contributed by atoms with van der Waals surface area (Å²) in [5, 5.41) is 4.31. The number of fused-ring (bicyclic) bond motifs is 1. The van der Waals surface area contributed by atoms with Gasteiger partial charge in [0.25, 0.3) is 0 Å². The predicted molar refractivity (Wildman–Crippen MR) is 59.9 cm³/mol. The molecule has 0 aromatic carbocycles. The molecule has 0 aromatic rings. The summed E-state index contributed by atoms with van der Waals surface area (Å²) in [7, 11) is 0. The maximum atomic E-state index is 4.03. The molecule has 2 rings (SSSR count). The number of rotatable bonds is 0. The van der Waals surface area contributed by atoms with Crippen molar-refractivity contribution in [2.24, 2.45) is 11.3 Å². The fourth-order valence-corrected chi connectivity index (χ4v) is 4.34. The fourth-order valence-electron chi connectivity index (χ4n) is 2.56. The summed E-state index contributed by atoms with van der Waals surface area (Å²) in [5.41, 5.74) is 1.70. The SMILES string of the molecule is C=C1CC2C(CSC2C(C)(C)C)N1. The van der Waals surface area contributed by atoms with Crippen molar-refractivity contribution in [1.82, 2.24) is 5.32 Å². The van der Waals surface area contributed by atoms with E-state index in [9.17, 15) is 0 Å². The second kappa shape index (κ2) is 2.94. The average molecular weight is 197 g/mol. The molecule has 2 heteroatoms. The van der Waals surface area contributed by atoms with Gasteiger partial charge in [-0.1, -0.05) is 27.4 Å². The molecule has 2 fully saturated rings. The van der Waals surface area contributed by atoms with Crippen LogP contribution in [0.25, 0.3) is 0 Å². The van der Waals surface area contributed by atoms with Gasteiger partial charge in [-0.2, -0.15) is 11.8 Å². The maximum Gasteiger partial charge on any atom is 0.0391 e. The highest BCUT2D eigenvalue weighted by atomic mass is 32.2. The Balaban J connectivity index is 2.13. The van der Waals surface area contributed by atoms with Crippen molar-refractivity contribution >= 4 is 11.8 Å². The lowest BCUT2D eigenvalue weighted by Gasteiger charge is -2.30. The first-order chi connectivity index (χ1) is 5.98. The van der Waals surface area contributed by atoms with Gasteiger partial charge in [0.15, 0.2) is 0 Å². The predicted octanol–water partition coefficient (Wildman–Crippen LogP) is 2.64. The molecule has 2 aliphatic rings. The van der Waals surface area contributed by atoms with Crippen LogP contribution in [0.3, 0.4) is 0 Å². The van der Waals surface area contributed by atoms with Gasteiger partial charge in [-0.25, -0.2) is 0 Å². The largest absolute Gasteiger partial charge is 0.385 e. The second-order valence-corrected chi connectivity index (χ2v) is 6.52. The first kappa shape index (κ1) is 9.45. The van der Waals surface area contributed by atoms with Gasteiger partial charge in [-0.05, 0) is 17.8 Å². The highest BCUT2D eigenvalue weighted by molar-refractivity contribution is 8.00. The summed E-state index contributed by atoms with van der Waals surface area (Å²) in [6.07, 6.45) is 1.19. The van der Waals surface area contributed by atoms with Gasteiger partial charge in [-0.15, -0.1) is 0 Å². The quantitative estimate of drug-likeness (QED) is 0.641. The van der Waals surface area contributed by atoms with E-state index in [2.05, 4.69) is 44.4 Å². The van der Waals surface area contributed by atoms with Crippen LogP contribution in [-0.4, -0.2) is 17.0 Å². The topological polar surface area (TPSA) is 12.0 Å². The second-order valence-electron chi connectivity index (χ2n) is 5.34. The van der Waals surface area contributed by atoms with Crippen LogP contribution in [0.15, 0.2) is 12.3 Å². The first-order valence-corrected chi connectivity index (χ1v) is 6.09. The summed E-state index contributed by atoms with van der Waals surface area (Å²) in [6.45, 7) is 11.1. The van der Waals surface area contributed by atoms with E-state index >= 15 is 0 Å². The minimum atomic E-state index is 0.441. The molecule has 0 aromatic heterocycles. The molecule has 13 heavy (non-hydrogen) atoms. The maximum absolute atomic E-state index is 4.03. The highest BCUT2D eigenvalue weighted by Crippen LogP contribution is 2.47. The van der Waals surface area contributed by atoms with Crippen molar-refractivity contribution in [2.75, 3.05) is 5.75 Å². The van der Waals surface area contributed by atoms with E-state index in [1.165, 1.54) is 17.9 Å². The van der Waals surface area contributed by atoms with E-state index < -0.39 is 0 Å². The molecule has 3 unspecified atom stereocenters. The standard InChI is InChI=1S/C11H19NS/c1-7-5-8-9(12-7)6-13-10(8)11(2,3)4/h8-10,12H,1,5-6H2,2-4H3. The van der Waals surface area contributed by atoms with E-state index in [1.54, 1.807) is 0 Å². The Kier molecular flexibility index (Phi) is 2.14. The monoisotopic (exact) mass is 197 g/mol. The molecule has 3 atom stereocenters. The third-order valence-corrected chi connectivity index (χ3v) is 5.05. The number of hydrogen-bond donors (Lipinski definition) is 1. The zero-order chi connectivity index (χ0) is 9.64. The van der Waals surface area contributed by atoms with Crippen molar-refractivity contribution in [3.63, 3.8) is 0 Å². The van der Waals surface area contributed by atoms with Gasteiger partial charge < -0.3 is 5.32 Å². The van der Waals surface area contributed by atoms with Crippen molar-refractivity contribution in [3.05, 3.63) is 12.3 Å². The number of thioether (sulfide) groups is 1. The first-order valence-electron chi connectivity index (χ1n) is 5.04.